The summed E-state index contributed by atoms with van der Waals surface area (Å²) in [5, 5.41) is 20.6. The summed E-state index contributed by atoms with van der Waals surface area (Å²) in [5.74, 6) is -1.63. The maximum absolute atomic E-state index is 12.8. The van der Waals surface area contributed by atoms with Crippen molar-refractivity contribution in [3.8, 4) is 0 Å². The van der Waals surface area contributed by atoms with Gasteiger partial charge >= 0.3 is 12.1 Å². The molecule has 0 aromatic heterocycles. The smallest absolute Gasteiger partial charge is 0.417 e. The minimum absolute atomic E-state index is 0.126. The second-order valence-corrected chi connectivity index (χ2v) is 5.24. The number of benzene rings is 1. The molecule has 0 amide bonds. The van der Waals surface area contributed by atoms with E-state index >= 15 is 0 Å². The zero-order chi connectivity index (χ0) is 15.6. The van der Waals surface area contributed by atoms with Gasteiger partial charge in [0.2, 0.25) is 0 Å². The first-order valence-corrected chi connectivity index (χ1v) is 5.86. The first-order chi connectivity index (χ1) is 9.07. The van der Waals surface area contributed by atoms with Crippen LogP contribution in [0.25, 0.3) is 0 Å². The zero-order valence-electron chi connectivity index (χ0n) is 11.1. The van der Waals surface area contributed by atoms with Gasteiger partial charge in [0.1, 0.15) is 0 Å². The van der Waals surface area contributed by atoms with Crippen molar-refractivity contribution in [3.63, 3.8) is 0 Å². The number of aliphatic hydroxyl groups is 1. The fourth-order valence-corrected chi connectivity index (χ4v) is 1.47. The van der Waals surface area contributed by atoms with E-state index in [1.54, 1.807) is 13.8 Å². The summed E-state index contributed by atoms with van der Waals surface area (Å²) in [6, 6.07) is 2.95. The standard InChI is InChI=1S/C13H16F3NO3/c1-12(2,7-18)6-17-8-3-4-9(11(19)20)10(5-8)13(14,15)16/h3-5,17-18H,6-7H2,1-2H3,(H,19,20). The van der Waals surface area contributed by atoms with Crippen molar-refractivity contribution in [2.24, 2.45) is 5.41 Å². The Hall–Kier alpha value is -1.76. The van der Waals surface area contributed by atoms with Gasteiger partial charge in [-0.05, 0) is 18.2 Å². The highest BCUT2D eigenvalue weighted by Crippen LogP contribution is 2.34. The molecule has 0 unspecified atom stereocenters. The van der Waals surface area contributed by atoms with Crippen molar-refractivity contribution in [3.05, 3.63) is 29.3 Å². The van der Waals surface area contributed by atoms with Crippen LogP contribution in [0.15, 0.2) is 18.2 Å². The number of alkyl halides is 3. The van der Waals surface area contributed by atoms with Crippen LogP contribution in [0.2, 0.25) is 0 Å². The molecule has 1 aromatic carbocycles. The molecule has 7 heteroatoms. The van der Waals surface area contributed by atoms with Gasteiger partial charge in [0, 0.05) is 24.3 Å². The van der Waals surface area contributed by atoms with E-state index in [0.717, 1.165) is 12.1 Å². The summed E-state index contributed by atoms with van der Waals surface area (Å²) in [6.07, 6.45) is -4.74. The molecule has 0 spiro atoms. The Balaban J connectivity index is 3.05. The summed E-state index contributed by atoms with van der Waals surface area (Å²) in [7, 11) is 0. The van der Waals surface area contributed by atoms with Crippen molar-refractivity contribution in [2.45, 2.75) is 20.0 Å². The van der Waals surface area contributed by atoms with Crippen LogP contribution in [-0.4, -0.2) is 29.3 Å². The Labute approximate surface area is 114 Å². The van der Waals surface area contributed by atoms with Crippen LogP contribution in [0.1, 0.15) is 29.8 Å². The Bertz CT molecular complexity index is 498. The number of aliphatic hydroxyl groups excluding tert-OH is 1. The highest BCUT2D eigenvalue weighted by Gasteiger charge is 2.35. The predicted molar refractivity (Wildman–Crippen MR) is 67.8 cm³/mol. The number of anilines is 1. The van der Waals surface area contributed by atoms with Crippen LogP contribution in [0.5, 0.6) is 0 Å². The topological polar surface area (TPSA) is 69.6 Å². The van der Waals surface area contributed by atoms with E-state index in [4.69, 9.17) is 10.2 Å². The zero-order valence-corrected chi connectivity index (χ0v) is 11.1. The number of nitrogens with one attached hydrogen (secondary N) is 1. The van der Waals surface area contributed by atoms with Gasteiger partial charge < -0.3 is 15.5 Å². The molecule has 0 aliphatic rings. The second-order valence-electron chi connectivity index (χ2n) is 5.24. The van der Waals surface area contributed by atoms with Gasteiger partial charge in [0.15, 0.2) is 0 Å². The van der Waals surface area contributed by atoms with Crippen molar-refractivity contribution < 1.29 is 28.2 Å². The van der Waals surface area contributed by atoms with Gasteiger partial charge in [0.05, 0.1) is 11.1 Å². The lowest BCUT2D eigenvalue weighted by atomic mass is 9.95. The van der Waals surface area contributed by atoms with E-state index in [0.29, 0.717) is 0 Å². The van der Waals surface area contributed by atoms with E-state index < -0.39 is 28.7 Å². The quantitative estimate of drug-likeness (QED) is 0.780. The first kappa shape index (κ1) is 16.3. The lowest BCUT2D eigenvalue weighted by molar-refractivity contribution is -0.138. The molecule has 0 aliphatic carbocycles. The number of hydrogen-bond donors (Lipinski definition) is 3. The van der Waals surface area contributed by atoms with E-state index in [1.807, 2.05) is 0 Å². The van der Waals surface area contributed by atoms with Crippen LogP contribution in [0.3, 0.4) is 0 Å². The highest BCUT2D eigenvalue weighted by molar-refractivity contribution is 5.90. The van der Waals surface area contributed by atoms with Gasteiger partial charge in [-0.3, -0.25) is 0 Å². The molecule has 1 rings (SSSR count). The number of carboxylic acid groups (broad SMARTS) is 1. The average Bonchev–Trinajstić information content (AvgIpc) is 2.35. The fourth-order valence-electron chi connectivity index (χ4n) is 1.47. The maximum atomic E-state index is 12.8. The normalized spacial score (nSPS) is 12.3. The van der Waals surface area contributed by atoms with E-state index in [2.05, 4.69) is 5.32 Å². The monoisotopic (exact) mass is 291 g/mol. The van der Waals surface area contributed by atoms with Crippen molar-refractivity contribution in [1.82, 2.24) is 0 Å². The van der Waals surface area contributed by atoms with E-state index in [-0.39, 0.29) is 18.8 Å². The number of rotatable bonds is 5. The van der Waals surface area contributed by atoms with Gasteiger partial charge in [-0.15, -0.1) is 0 Å². The number of carbonyl (C=O) groups is 1. The minimum Gasteiger partial charge on any atom is -0.478 e. The molecule has 0 aliphatic heterocycles. The molecule has 112 valence electrons. The second kappa shape index (κ2) is 5.70. The largest absolute Gasteiger partial charge is 0.478 e. The third kappa shape index (κ3) is 4.12. The minimum atomic E-state index is -4.74. The summed E-state index contributed by atoms with van der Waals surface area (Å²) in [6.45, 7) is 3.62. The Morgan fingerprint density at radius 2 is 1.90 bits per heavy atom. The molecule has 0 fully saturated rings. The molecule has 3 N–H and O–H groups in total. The van der Waals surface area contributed by atoms with Crippen molar-refractivity contribution in [2.75, 3.05) is 18.5 Å². The Morgan fingerprint density at radius 3 is 2.35 bits per heavy atom. The lowest BCUT2D eigenvalue weighted by Crippen LogP contribution is -2.27. The third-order valence-corrected chi connectivity index (χ3v) is 2.75. The maximum Gasteiger partial charge on any atom is 0.417 e. The molecule has 1 aromatic rings. The van der Waals surface area contributed by atoms with Gasteiger partial charge in [-0.2, -0.15) is 13.2 Å². The molecule has 0 radical (unpaired) electrons. The van der Waals surface area contributed by atoms with Gasteiger partial charge in [-0.25, -0.2) is 4.79 Å². The number of aromatic carboxylic acids is 1. The molecule has 0 bridgehead atoms. The summed E-state index contributed by atoms with van der Waals surface area (Å²) >= 11 is 0. The number of halogens is 3. The van der Waals surface area contributed by atoms with Crippen LogP contribution < -0.4 is 5.32 Å². The molecular weight excluding hydrogens is 275 g/mol. The van der Waals surface area contributed by atoms with Crippen LogP contribution in [0, 0.1) is 5.41 Å². The Morgan fingerprint density at radius 1 is 1.30 bits per heavy atom. The summed E-state index contributed by atoms with van der Waals surface area (Å²) in [4.78, 5) is 10.8. The first-order valence-electron chi connectivity index (χ1n) is 5.86. The van der Waals surface area contributed by atoms with Crippen LogP contribution in [-0.2, 0) is 6.18 Å². The van der Waals surface area contributed by atoms with Gasteiger partial charge in [0.25, 0.3) is 0 Å². The molecular formula is C13H16F3NO3. The average molecular weight is 291 g/mol. The van der Waals surface area contributed by atoms with Crippen LogP contribution >= 0.6 is 0 Å². The summed E-state index contributed by atoms with van der Waals surface area (Å²) in [5.41, 5.74) is -2.32. The molecule has 4 nitrogen and oxygen atoms in total. The third-order valence-electron chi connectivity index (χ3n) is 2.75. The van der Waals surface area contributed by atoms with Crippen molar-refractivity contribution in [1.29, 1.82) is 0 Å². The van der Waals surface area contributed by atoms with Gasteiger partial charge in [-0.1, -0.05) is 13.8 Å². The molecule has 0 saturated heterocycles. The fraction of sp³-hybridized carbons (Fsp3) is 0.462. The Kier molecular flexibility index (Phi) is 4.65. The SMILES string of the molecule is CC(C)(CO)CNc1ccc(C(=O)O)c(C(F)(F)F)c1. The molecule has 20 heavy (non-hydrogen) atoms. The number of hydrogen-bond acceptors (Lipinski definition) is 3. The predicted octanol–water partition coefficient (Wildman–Crippen LogP) is 2.83. The van der Waals surface area contributed by atoms with Crippen LogP contribution in [0.4, 0.5) is 18.9 Å². The van der Waals surface area contributed by atoms with Crippen molar-refractivity contribution >= 4 is 11.7 Å². The lowest BCUT2D eigenvalue weighted by Gasteiger charge is -2.23. The molecule has 0 atom stereocenters. The number of carboxylic acids is 1. The molecule has 0 saturated carbocycles. The molecule has 0 heterocycles. The highest BCUT2D eigenvalue weighted by atomic mass is 19.4. The van der Waals surface area contributed by atoms with E-state index in [9.17, 15) is 18.0 Å². The van der Waals surface area contributed by atoms with E-state index in [1.165, 1.54) is 6.07 Å². The summed E-state index contributed by atoms with van der Waals surface area (Å²) < 4.78 is 38.4.